The predicted octanol–water partition coefficient (Wildman–Crippen LogP) is 2.77. The highest BCUT2D eigenvalue weighted by atomic mass is 32.1. The molecule has 1 fully saturated rings. The lowest BCUT2D eigenvalue weighted by Crippen LogP contribution is -2.36. The van der Waals surface area contributed by atoms with E-state index in [0.717, 1.165) is 66.8 Å². The molecule has 0 saturated carbocycles. The fourth-order valence-corrected chi connectivity index (χ4v) is 4.85. The number of anilines is 1. The van der Waals surface area contributed by atoms with Crippen LogP contribution in [-0.4, -0.2) is 61.0 Å². The van der Waals surface area contributed by atoms with Gasteiger partial charge in [0.25, 0.3) is 5.91 Å². The van der Waals surface area contributed by atoms with E-state index in [9.17, 15) is 4.79 Å². The van der Waals surface area contributed by atoms with Crippen LogP contribution in [0.3, 0.4) is 0 Å². The smallest absolute Gasteiger partial charge is 0.271 e. The number of para-hydroxylation sites is 1. The number of fused-ring (bicyclic) bond motifs is 1. The molecule has 4 heterocycles. The van der Waals surface area contributed by atoms with Gasteiger partial charge in [-0.25, -0.2) is 9.97 Å². The second-order valence-corrected chi connectivity index (χ2v) is 9.28. The van der Waals surface area contributed by atoms with Crippen LogP contribution in [0.5, 0.6) is 0 Å². The van der Waals surface area contributed by atoms with E-state index < -0.39 is 0 Å². The molecule has 2 N–H and O–H groups in total. The summed E-state index contributed by atoms with van der Waals surface area (Å²) in [7, 11) is 0. The monoisotopic (exact) mass is 476 g/mol. The lowest BCUT2D eigenvalue weighted by atomic mass is 10.1. The molecule has 0 atom stereocenters. The number of carbonyl (C=O) groups excluding carboxylic acids is 1. The van der Waals surface area contributed by atoms with Crippen LogP contribution in [-0.2, 0) is 24.1 Å². The number of hydrogen-bond acceptors (Lipinski definition) is 8. The van der Waals surface area contributed by atoms with Crippen LogP contribution in [0, 0.1) is 0 Å². The lowest BCUT2D eigenvalue weighted by Gasteiger charge is -2.28. The van der Waals surface area contributed by atoms with Crippen LogP contribution >= 0.6 is 11.3 Å². The number of amides is 1. The molecule has 1 aromatic carbocycles. The minimum absolute atomic E-state index is 0.154. The Hall–Kier alpha value is -3.14. The van der Waals surface area contributed by atoms with Crippen LogP contribution in [0.4, 0.5) is 11.5 Å². The summed E-state index contributed by atoms with van der Waals surface area (Å²) in [6, 6.07) is 12.2. The third kappa shape index (κ3) is 5.67. The molecule has 0 unspecified atom stereocenters. The summed E-state index contributed by atoms with van der Waals surface area (Å²) >= 11 is 1.52. The van der Waals surface area contributed by atoms with Crippen molar-refractivity contribution < 1.29 is 9.53 Å². The van der Waals surface area contributed by atoms with Gasteiger partial charge in [0.1, 0.15) is 11.5 Å². The zero-order valence-electron chi connectivity index (χ0n) is 19.0. The highest BCUT2D eigenvalue weighted by Crippen LogP contribution is 2.25. The highest BCUT2D eigenvalue weighted by Gasteiger charge is 2.15. The third-order valence-electron chi connectivity index (χ3n) is 5.89. The van der Waals surface area contributed by atoms with E-state index in [-0.39, 0.29) is 5.91 Å². The van der Waals surface area contributed by atoms with Crippen molar-refractivity contribution in [2.45, 2.75) is 19.4 Å². The molecule has 0 aliphatic carbocycles. The summed E-state index contributed by atoms with van der Waals surface area (Å²) < 4.78 is 5.41. The zero-order chi connectivity index (χ0) is 23.2. The molecule has 0 bridgehead atoms. The summed E-state index contributed by atoms with van der Waals surface area (Å²) in [4.78, 5) is 28.4. The number of aromatic nitrogens is 2. The molecule has 3 aromatic rings. The Morgan fingerprint density at radius 1 is 1.15 bits per heavy atom. The average molecular weight is 477 g/mol. The van der Waals surface area contributed by atoms with Crippen LogP contribution in [0.1, 0.15) is 26.6 Å². The molecule has 9 heteroatoms. The molecular weight excluding hydrogens is 448 g/mol. The molecule has 0 radical (unpaired) electrons. The quantitative estimate of drug-likeness (QED) is 0.462. The minimum Gasteiger partial charge on any atom is -0.378 e. The normalized spacial score (nSPS) is 15.2. The molecule has 2 aliphatic heterocycles. The van der Waals surface area contributed by atoms with Gasteiger partial charge in [-0.15, -0.1) is 11.3 Å². The fourth-order valence-electron chi connectivity index (χ4n) is 4.07. The molecular formula is C25H28N6O2S. The van der Waals surface area contributed by atoms with Crippen molar-refractivity contribution in [3.05, 3.63) is 69.8 Å². The molecule has 1 amide bonds. The van der Waals surface area contributed by atoms with Crippen LogP contribution in [0.2, 0.25) is 0 Å². The van der Waals surface area contributed by atoms with Gasteiger partial charge in [-0.05, 0) is 29.3 Å². The third-order valence-corrected chi connectivity index (χ3v) is 6.80. The standard InChI is InChI=1S/C25H28N6O2S/c32-25(28-15-18-5-8-27-23(13-18)31-9-11-33-12-10-31)22-17-34-24(30-22)6-7-26-16-20-14-19-3-1-2-4-21(19)29-20/h1-5,8,13,17,26H,6-7,9-12,14-16H2,(H,28,32). The minimum atomic E-state index is -0.154. The topological polar surface area (TPSA) is 91.7 Å². The molecule has 34 heavy (non-hydrogen) atoms. The molecule has 0 spiro atoms. The molecule has 2 aliphatic rings. The second kappa shape index (κ2) is 10.9. The van der Waals surface area contributed by atoms with E-state index in [1.54, 1.807) is 6.20 Å². The number of rotatable bonds is 9. The van der Waals surface area contributed by atoms with Gasteiger partial charge < -0.3 is 20.3 Å². The Balaban J connectivity index is 1.05. The Morgan fingerprint density at radius 2 is 2.03 bits per heavy atom. The molecule has 1 saturated heterocycles. The number of morpholine rings is 1. The van der Waals surface area contributed by atoms with Crippen molar-refractivity contribution in [3.8, 4) is 0 Å². The van der Waals surface area contributed by atoms with E-state index in [1.807, 2.05) is 23.6 Å². The first-order valence-electron chi connectivity index (χ1n) is 11.6. The maximum absolute atomic E-state index is 12.6. The predicted molar refractivity (Wildman–Crippen MR) is 134 cm³/mol. The Morgan fingerprint density at radius 3 is 2.91 bits per heavy atom. The van der Waals surface area contributed by atoms with E-state index >= 15 is 0 Å². The van der Waals surface area contributed by atoms with E-state index in [0.29, 0.717) is 25.5 Å². The molecule has 2 aromatic heterocycles. The van der Waals surface area contributed by atoms with Crippen molar-refractivity contribution in [1.82, 2.24) is 20.6 Å². The summed E-state index contributed by atoms with van der Waals surface area (Å²) in [5, 5.41) is 9.20. The molecule has 176 valence electrons. The molecule has 5 rings (SSSR count). The molecule has 8 nitrogen and oxygen atoms in total. The number of thiazole rings is 1. The second-order valence-electron chi connectivity index (χ2n) is 8.34. The Bertz CT molecular complexity index is 1170. The first-order valence-corrected chi connectivity index (χ1v) is 12.5. The van der Waals surface area contributed by atoms with Gasteiger partial charge in [0.05, 0.1) is 23.9 Å². The van der Waals surface area contributed by atoms with Gasteiger partial charge in [0.2, 0.25) is 0 Å². The van der Waals surface area contributed by atoms with Crippen LogP contribution in [0.15, 0.2) is 53.0 Å². The maximum Gasteiger partial charge on any atom is 0.271 e. The van der Waals surface area contributed by atoms with Gasteiger partial charge in [-0.3, -0.25) is 9.79 Å². The first-order chi connectivity index (χ1) is 16.7. The van der Waals surface area contributed by atoms with Crippen LogP contribution in [0.25, 0.3) is 0 Å². The number of ether oxygens (including phenoxy) is 1. The van der Waals surface area contributed by atoms with Gasteiger partial charge in [0, 0.05) is 62.9 Å². The first kappa shape index (κ1) is 22.6. The van der Waals surface area contributed by atoms with Crippen molar-refractivity contribution in [2.24, 2.45) is 4.99 Å². The van der Waals surface area contributed by atoms with E-state index in [1.165, 1.54) is 16.9 Å². The SMILES string of the molecule is O=C(NCc1ccnc(N2CCOCC2)c1)c1csc(CCNCC2=Nc3ccccc3C2)n1. The number of carbonyl (C=O) groups is 1. The number of benzene rings is 1. The fraction of sp³-hybridized carbons (Fsp3) is 0.360. The van der Waals surface area contributed by atoms with Crippen LogP contribution < -0.4 is 15.5 Å². The largest absolute Gasteiger partial charge is 0.378 e. The van der Waals surface area contributed by atoms with Crippen molar-refractivity contribution in [1.29, 1.82) is 0 Å². The van der Waals surface area contributed by atoms with Crippen molar-refractivity contribution >= 4 is 34.5 Å². The maximum atomic E-state index is 12.6. The summed E-state index contributed by atoms with van der Waals surface area (Å²) in [6.07, 6.45) is 3.48. The Kier molecular flexibility index (Phi) is 7.23. The van der Waals surface area contributed by atoms with Gasteiger partial charge >= 0.3 is 0 Å². The lowest BCUT2D eigenvalue weighted by molar-refractivity contribution is 0.0946. The van der Waals surface area contributed by atoms with E-state index in [4.69, 9.17) is 4.74 Å². The Labute approximate surface area is 203 Å². The zero-order valence-corrected chi connectivity index (χ0v) is 19.8. The number of aliphatic imine (C=N–C) groups is 1. The van der Waals surface area contributed by atoms with Crippen molar-refractivity contribution in [3.63, 3.8) is 0 Å². The number of pyridine rings is 1. The van der Waals surface area contributed by atoms with E-state index in [2.05, 4.69) is 48.7 Å². The van der Waals surface area contributed by atoms with Gasteiger partial charge in [-0.1, -0.05) is 18.2 Å². The van der Waals surface area contributed by atoms with Gasteiger partial charge in [0.15, 0.2) is 0 Å². The summed E-state index contributed by atoms with van der Waals surface area (Å²) in [5.41, 5.74) is 5.02. The average Bonchev–Trinajstić information content (AvgIpc) is 3.53. The number of hydrogen-bond donors (Lipinski definition) is 2. The highest BCUT2D eigenvalue weighted by molar-refractivity contribution is 7.09. The summed E-state index contributed by atoms with van der Waals surface area (Å²) in [5.74, 6) is 0.768. The number of nitrogens with one attached hydrogen (secondary N) is 2. The summed E-state index contributed by atoms with van der Waals surface area (Å²) in [6.45, 7) is 5.11. The van der Waals surface area contributed by atoms with Crippen molar-refractivity contribution in [2.75, 3.05) is 44.3 Å². The number of nitrogens with zero attached hydrogens (tertiary/aromatic N) is 4. The van der Waals surface area contributed by atoms with Gasteiger partial charge in [-0.2, -0.15) is 0 Å².